The fraction of sp³-hybridized carbons (Fsp3) is 0.375. The van der Waals surface area contributed by atoms with Crippen molar-refractivity contribution in [2.24, 2.45) is 5.92 Å². The number of benzene rings is 4. The minimum atomic E-state index is -1.00. The molecule has 1 saturated carbocycles. The van der Waals surface area contributed by atoms with Crippen molar-refractivity contribution in [3.8, 4) is 16.9 Å². The van der Waals surface area contributed by atoms with Crippen LogP contribution in [0.2, 0.25) is 0 Å². The van der Waals surface area contributed by atoms with Crippen LogP contribution in [0.5, 0.6) is 5.75 Å². The Kier molecular flexibility index (Phi) is 13.7. The van der Waals surface area contributed by atoms with Crippen molar-refractivity contribution >= 4 is 23.9 Å². The molecule has 308 valence electrons. The van der Waals surface area contributed by atoms with E-state index in [1.807, 2.05) is 103 Å². The number of hydrogen-bond donors (Lipinski definition) is 4. The first-order valence-corrected chi connectivity index (χ1v) is 20.7. The van der Waals surface area contributed by atoms with Gasteiger partial charge < -0.3 is 35.3 Å². The van der Waals surface area contributed by atoms with Gasteiger partial charge >= 0.3 is 12.1 Å². The Morgan fingerprint density at radius 1 is 0.831 bits per heavy atom. The Labute approximate surface area is 345 Å². The Hall–Kier alpha value is -5.94. The molecule has 4 aromatic rings. The highest BCUT2D eigenvalue weighted by Gasteiger charge is 2.36. The number of cyclic esters (lactones) is 1. The number of amides is 3. The average molecular weight is 800 g/mol. The number of carbonyl (C=O) groups excluding carboxylic acids is 4. The lowest BCUT2D eigenvalue weighted by atomic mass is 9.95. The van der Waals surface area contributed by atoms with Crippen LogP contribution < -0.4 is 20.7 Å². The molecule has 1 aliphatic heterocycles. The van der Waals surface area contributed by atoms with Gasteiger partial charge in [-0.05, 0) is 84.0 Å². The number of aliphatic hydroxyl groups excluding tert-OH is 1. The van der Waals surface area contributed by atoms with Gasteiger partial charge in [-0.1, -0.05) is 116 Å². The van der Waals surface area contributed by atoms with E-state index in [1.165, 1.54) is 0 Å². The minimum absolute atomic E-state index is 0.0656. The van der Waals surface area contributed by atoms with Crippen molar-refractivity contribution in [2.75, 3.05) is 19.8 Å². The van der Waals surface area contributed by atoms with Gasteiger partial charge in [0, 0.05) is 12.3 Å². The van der Waals surface area contributed by atoms with Crippen molar-refractivity contribution in [1.82, 2.24) is 16.0 Å². The fourth-order valence-corrected chi connectivity index (χ4v) is 8.40. The van der Waals surface area contributed by atoms with E-state index in [2.05, 4.69) is 28.1 Å². The first kappa shape index (κ1) is 41.2. The summed E-state index contributed by atoms with van der Waals surface area (Å²) in [5.74, 6) is -1.43. The van der Waals surface area contributed by atoms with E-state index >= 15 is 0 Å². The standard InChI is InChI=1S/C48H53N3O8/c52-32-48(25-11-12-26-48)51-44(53)28-35-15-5-2-6-20-43(50-47(56)59-31-42-40-18-9-7-16-38(40)39-17-8-10-19-41(39)42)46(55)58-30-36(49-45(35)54)27-33-21-23-37(24-22-33)57-29-34-13-3-1-4-14-34/h1-5,7-10,13-14,16-19,21-24,35-36,42-43,52H,6,11-12,15,20,25-32H2,(H,49,54)(H,50,56)(H,51,53)/t35-,36+,43+/m1/s1. The predicted molar refractivity (Wildman–Crippen MR) is 223 cm³/mol. The summed E-state index contributed by atoms with van der Waals surface area (Å²) in [5.41, 5.74) is 5.65. The molecule has 0 bridgehead atoms. The third-order valence-corrected chi connectivity index (χ3v) is 11.6. The summed E-state index contributed by atoms with van der Waals surface area (Å²) in [6.07, 6.45) is 7.37. The number of allylic oxidation sites excluding steroid dienone is 2. The van der Waals surface area contributed by atoms with E-state index < -0.39 is 35.6 Å². The highest BCUT2D eigenvalue weighted by Crippen LogP contribution is 2.44. The molecule has 0 radical (unpaired) electrons. The number of carbonyl (C=O) groups is 4. The summed E-state index contributed by atoms with van der Waals surface area (Å²) >= 11 is 0. The largest absolute Gasteiger partial charge is 0.489 e. The fourth-order valence-electron chi connectivity index (χ4n) is 8.40. The van der Waals surface area contributed by atoms with Crippen LogP contribution in [-0.2, 0) is 36.9 Å². The van der Waals surface area contributed by atoms with Crippen LogP contribution in [0.25, 0.3) is 11.1 Å². The second-order valence-electron chi connectivity index (χ2n) is 15.9. The third kappa shape index (κ3) is 10.8. The second-order valence-corrected chi connectivity index (χ2v) is 15.9. The molecule has 59 heavy (non-hydrogen) atoms. The lowest BCUT2D eigenvalue weighted by Gasteiger charge is -2.29. The van der Waals surface area contributed by atoms with Crippen LogP contribution >= 0.6 is 0 Å². The Morgan fingerprint density at radius 3 is 2.20 bits per heavy atom. The van der Waals surface area contributed by atoms with Crippen LogP contribution in [0.3, 0.4) is 0 Å². The second kappa shape index (κ2) is 19.7. The SMILES string of the molecule is O=C(C[C@H]1CC=CCC[C@H](NC(=O)OCC2c3ccccc3-c3ccccc32)C(=O)OC[C@H](Cc2ccc(OCc3ccccc3)cc2)NC1=O)NC1(CO)CCCC1. The first-order chi connectivity index (χ1) is 28.8. The molecule has 0 unspecified atom stereocenters. The molecule has 0 aromatic heterocycles. The highest BCUT2D eigenvalue weighted by molar-refractivity contribution is 5.87. The van der Waals surface area contributed by atoms with Gasteiger partial charge in [-0.15, -0.1) is 0 Å². The summed E-state index contributed by atoms with van der Waals surface area (Å²) < 4.78 is 17.6. The molecule has 11 nitrogen and oxygen atoms in total. The smallest absolute Gasteiger partial charge is 0.407 e. The molecular weight excluding hydrogens is 747 g/mol. The van der Waals surface area contributed by atoms with Gasteiger partial charge in [-0.25, -0.2) is 9.59 Å². The van der Waals surface area contributed by atoms with Crippen molar-refractivity contribution in [1.29, 1.82) is 0 Å². The zero-order valence-corrected chi connectivity index (χ0v) is 33.3. The summed E-state index contributed by atoms with van der Waals surface area (Å²) in [6, 6.07) is 31.9. The predicted octanol–water partition coefficient (Wildman–Crippen LogP) is 6.91. The maximum atomic E-state index is 13.9. The molecular formula is C48H53N3O8. The summed E-state index contributed by atoms with van der Waals surface area (Å²) in [6.45, 7) is 0.201. The number of alkyl carbamates (subject to hydrolysis) is 1. The van der Waals surface area contributed by atoms with Gasteiger partial charge in [0.1, 0.15) is 31.6 Å². The zero-order chi connectivity index (χ0) is 41.0. The summed E-state index contributed by atoms with van der Waals surface area (Å²) in [5, 5.41) is 18.9. The normalized spacial score (nSPS) is 20.4. The van der Waals surface area contributed by atoms with Gasteiger partial charge in [0.05, 0.1) is 24.1 Å². The van der Waals surface area contributed by atoms with Crippen molar-refractivity contribution in [3.63, 3.8) is 0 Å². The van der Waals surface area contributed by atoms with E-state index in [-0.39, 0.29) is 56.8 Å². The molecule has 3 aliphatic rings. The zero-order valence-electron chi connectivity index (χ0n) is 33.3. The number of fused-ring (bicyclic) bond motifs is 3. The monoisotopic (exact) mass is 799 g/mol. The van der Waals surface area contributed by atoms with Crippen molar-refractivity contribution < 1.29 is 38.5 Å². The van der Waals surface area contributed by atoms with E-state index in [1.54, 1.807) is 0 Å². The lowest BCUT2D eigenvalue weighted by Crippen LogP contribution is -2.50. The molecule has 3 amide bonds. The average Bonchev–Trinajstić information content (AvgIpc) is 3.86. The summed E-state index contributed by atoms with van der Waals surface area (Å²) in [4.78, 5) is 54.2. The minimum Gasteiger partial charge on any atom is -0.489 e. The molecule has 4 N–H and O–H groups in total. The molecule has 0 spiro atoms. The molecule has 3 atom stereocenters. The first-order valence-electron chi connectivity index (χ1n) is 20.7. The lowest BCUT2D eigenvalue weighted by molar-refractivity contribution is -0.147. The van der Waals surface area contributed by atoms with E-state index in [0.717, 1.165) is 46.2 Å². The third-order valence-electron chi connectivity index (χ3n) is 11.6. The van der Waals surface area contributed by atoms with Crippen LogP contribution in [-0.4, -0.2) is 66.4 Å². The van der Waals surface area contributed by atoms with Gasteiger partial charge in [-0.2, -0.15) is 0 Å². The number of aliphatic hydroxyl groups is 1. The van der Waals surface area contributed by atoms with E-state index in [9.17, 15) is 24.3 Å². The number of esters is 1. The quantitative estimate of drug-likeness (QED) is 0.0892. The van der Waals surface area contributed by atoms with E-state index in [0.29, 0.717) is 38.0 Å². The summed E-state index contributed by atoms with van der Waals surface area (Å²) in [7, 11) is 0. The number of rotatable bonds is 12. The van der Waals surface area contributed by atoms with Crippen LogP contribution in [0.15, 0.2) is 115 Å². The molecule has 1 fully saturated rings. The van der Waals surface area contributed by atoms with Crippen molar-refractivity contribution in [2.45, 2.75) is 87.9 Å². The molecule has 0 saturated heterocycles. The molecule has 11 heteroatoms. The highest BCUT2D eigenvalue weighted by atomic mass is 16.6. The van der Waals surface area contributed by atoms with E-state index in [4.69, 9.17) is 14.2 Å². The van der Waals surface area contributed by atoms with Crippen LogP contribution in [0.4, 0.5) is 4.79 Å². The Morgan fingerprint density at radius 2 is 1.51 bits per heavy atom. The van der Waals surface area contributed by atoms with Crippen LogP contribution in [0.1, 0.15) is 79.5 Å². The van der Waals surface area contributed by atoms with Crippen LogP contribution in [0, 0.1) is 5.92 Å². The number of hydrogen-bond acceptors (Lipinski definition) is 8. The number of ether oxygens (including phenoxy) is 3. The van der Waals surface area contributed by atoms with Crippen molar-refractivity contribution in [3.05, 3.63) is 138 Å². The van der Waals surface area contributed by atoms with Gasteiger partial charge in [0.2, 0.25) is 11.8 Å². The topological polar surface area (TPSA) is 152 Å². The number of nitrogens with one attached hydrogen (secondary N) is 3. The maximum Gasteiger partial charge on any atom is 0.407 e. The van der Waals surface area contributed by atoms with Gasteiger partial charge in [0.15, 0.2) is 0 Å². The molecule has 1 heterocycles. The molecule has 4 aromatic carbocycles. The van der Waals surface area contributed by atoms with Gasteiger partial charge in [-0.3, -0.25) is 9.59 Å². The molecule has 2 aliphatic carbocycles. The Balaban J connectivity index is 1.03. The Bertz CT molecular complexity index is 2050. The maximum absolute atomic E-state index is 13.9. The molecule has 7 rings (SSSR count). The van der Waals surface area contributed by atoms with Gasteiger partial charge in [0.25, 0.3) is 0 Å².